The van der Waals surface area contributed by atoms with Gasteiger partial charge in [0.25, 0.3) is 5.91 Å². The Balaban J connectivity index is 1.64. The lowest BCUT2D eigenvalue weighted by molar-refractivity contribution is -0.110. The molecule has 1 N–H and O–H groups in total. The van der Waals surface area contributed by atoms with Crippen molar-refractivity contribution in [1.82, 2.24) is 0 Å². The molecule has 0 bridgehead atoms. The molecule has 144 valence electrons. The summed E-state index contributed by atoms with van der Waals surface area (Å²) in [5.74, 6) is 0.0234. The van der Waals surface area contributed by atoms with Gasteiger partial charge >= 0.3 is 5.97 Å². The van der Waals surface area contributed by atoms with Crippen LogP contribution in [0.4, 0.5) is 5.69 Å². The van der Waals surface area contributed by atoms with Gasteiger partial charge in [0.15, 0.2) is 0 Å². The lowest BCUT2D eigenvalue weighted by atomic mass is 10.0. The third-order valence-corrected chi connectivity index (χ3v) is 4.68. The summed E-state index contributed by atoms with van der Waals surface area (Å²) in [7, 11) is 1.33. The minimum absolute atomic E-state index is 0.222. The maximum absolute atomic E-state index is 12.5. The number of para-hydroxylation sites is 1. The minimum atomic E-state index is -0.445. The highest BCUT2D eigenvalue weighted by Crippen LogP contribution is 2.35. The second-order valence-electron chi connectivity index (χ2n) is 6.58. The third kappa shape index (κ3) is 3.89. The van der Waals surface area contributed by atoms with E-state index in [1.54, 1.807) is 24.3 Å². The fraction of sp³-hybridized carbons (Fsp3) is 0.0833. The molecule has 3 aromatic rings. The van der Waals surface area contributed by atoms with E-state index < -0.39 is 5.97 Å². The van der Waals surface area contributed by atoms with Crippen molar-refractivity contribution in [2.45, 2.75) is 6.61 Å². The molecule has 0 atom stereocenters. The summed E-state index contributed by atoms with van der Waals surface area (Å²) in [4.78, 5) is 24.3. The number of fused-ring (bicyclic) bond motifs is 1. The smallest absolute Gasteiger partial charge is 0.337 e. The molecule has 0 aromatic heterocycles. The molecule has 1 amide bonds. The molecule has 1 aliphatic rings. The normalized spacial score (nSPS) is 13.7. The van der Waals surface area contributed by atoms with E-state index in [-0.39, 0.29) is 5.91 Å². The van der Waals surface area contributed by atoms with E-state index in [2.05, 4.69) is 5.32 Å². The number of benzene rings is 3. The fourth-order valence-corrected chi connectivity index (χ4v) is 3.20. The van der Waals surface area contributed by atoms with Crippen LogP contribution in [-0.2, 0) is 16.1 Å². The molecule has 5 heteroatoms. The molecule has 0 aliphatic carbocycles. The van der Waals surface area contributed by atoms with E-state index >= 15 is 0 Å². The number of hydrogen-bond acceptors (Lipinski definition) is 4. The second kappa shape index (κ2) is 8.02. The van der Waals surface area contributed by atoms with Crippen LogP contribution in [0.2, 0.25) is 0 Å². The molecular formula is C24H19NO4. The number of rotatable bonds is 5. The maximum Gasteiger partial charge on any atom is 0.337 e. The number of methoxy groups -OCH3 is 1. The molecule has 0 spiro atoms. The molecular weight excluding hydrogens is 366 g/mol. The summed E-state index contributed by atoms with van der Waals surface area (Å²) < 4.78 is 10.7. The SMILES string of the molecule is COC(=O)c1ccc2c(c1)NC(=O)/C2=C\c1ccccc1OCc1ccccc1. The van der Waals surface area contributed by atoms with Crippen LogP contribution >= 0.6 is 0 Å². The topological polar surface area (TPSA) is 64.6 Å². The van der Waals surface area contributed by atoms with Crippen LogP contribution in [-0.4, -0.2) is 19.0 Å². The Morgan fingerprint density at radius 2 is 1.76 bits per heavy atom. The molecule has 0 radical (unpaired) electrons. The quantitative estimate of drug-likeness (QED) is 0.517. The van der Waals surface area contributed by atoms with Crippen molar-refractivity contribution in [2.75, 3.05) is 12.4 Å². The zero-order valence-corrected chi connectivity index (χ0v) is 15.8. The summed E-state index contributed by atoms with van der Waals surface area (Å²) in [6.45, 7) is 0.437. The summed E-state index contributed by atoms with van der Waals surface area (Å²) >= 11 is 0. The lowest BCUT2D eigenvalue weighted by Gasteiger charge is -2.10. The van der Waals surface area contributed by atoms with Gasteiger partial charge in [-0.25, -0.2) is 4.79 Å². The number of ether oxygens (including phenoxy) is 2. The number of esters is 1. The van der Waals surface area contributed by atoms with E-state index in [0.29, 0.717) is 29.2 Å². The number of nitrogens with one attached hydrogen (secondary N) is 1. The highest BCUT2D eigenvalue weighted by molar-refractivity contribution is 6.35. The van der Waals surface area contributed by atoms with Crippen LogP contribution < -0.4 is 10.1 Å². The van der Waals surface area contributed by atoms with Gasteiger partial charge in [-0.2, -0.15) is 0 Å². The van der Waals surface area contributed by atoms with E-state index in [1.807, 2.05) is 54.6 Å². The molecule has 3 aromatic carbocycles. The van der Waals surface area contributed by atoms with Crippen LogP contribution in [0.5, 0.6) is 5.75 Å². The molecule has 0 fully saturated rings. The number of hydrogen-bond donors (Lipinski definition) is 1. The predicted octanol–water partition coefficient (Wildman–Crippen LogP) is 4.54. The van der Waals surface area contributed by atoms with Crippen molar-refractivity contribution in [3.8, 4) is 5.75 Å². The van der Waals surface area contributed by atoms with Crippen molar-refractivity contribution < 1.29 is 19.1 Å². The Morgan fingerprint density at radius 1 is 1.00 bits per heavy atom. The average Bonchev–Trinajstić information content (AvgIpc) is 3.07. The molecule has 0 saturated heterocycles. The van der Waals surface area contributed by atoms with Crippen LogP contribution in [0.3, 0.4) is 0 Å². The Hall–Kier alpha value is -3.86. The van der Waals surface area contributed by atoms with Gasteiger partial charge in [-0.05, 0) is 29.8 Å². The summed E-state index contributed by atoms with van der Waals surface area (Å²) in [5.41, 5.74) is 4.10. The second-order valence-corrected chi connectivity index (χ2v) is 6.58. The highest BCUT2D eigenvalue weighted by atomic mass is 16.5. The highest BCUT2D eigenvalue weighted by Gasteiger charge is 2.25. The van der Waals surface area contributed by atoms with Gasteiger partial charge in [0.2, 0.25) is 0 Å². The van der Waals surface area contributed by atoms with Gasteiger partial charge in [0.05, 0.1) is 12.7 Å². The fourth-order valence-electron chi connectivity index (χ4n) is 3.20. The van der Waals surface area contributed by atoms with Gasteiger partial charge in [-0.3, -0.25) is 4.79 Å². The molecule has 4 rings (SSSR count). The zero-order valence-electron chi connectivity index (χ0n) is 15.8. The Bertz CT molecular complexity index is 1100. The Kier molecular flexibility index (Phi) is 5.12. The molecule has 29 heavy (non-hydrogen) atoms. The third-order valence-electron chi connectivity index (χ3n) is 4.68. The number of carbonyl (C=O) groups is 2. The van der Waals surface area contributed by atoms with Gasteiger partial charge in [-0.15, -0.1) is 0 Å². The van der Waals surface area contributed by atoms with Crippen LogP contribution in [0, 0.1) is 0 Å². The molecule has 5 nitrogen and oxygen atoms in total. The molecule has 0 saturated carbocycles. The first-order valence-corrected chi connectivity index (χ1v) is 9.17. The van der Waals surface area contributed by atoms with Crippen molar-refractivity contribution in [2.24, 2.45) is 0 Å². The maximum atomic E-state index is 12.5. The number of amides is 1. The predicted molar refractivity (Wildman–Crippen MR) is 111 cm³/mol. The first-order valence-electron chi connectivity index (χ1n) is 9.17. The van der Waals surface area contributed by atoms with Gasteiger partial charge in [-0.1, -0.05) is 54.6 Å². The average molecular weight is 385 g/mol. The number of carbonyl (C=O) groups excluding carboxylic acids is 2. The number of anilines is 1. The zero-order chi connectivity index (χ0) is 20.2. The summed E-state index contributed by atoms with van der Waals surface area (Å²) in [5, 5.41) is 2.81. The van der Waals surface area contributed by atoms with Gasteiger partial charge in [0.1, 0.15) is 12.4 Å². The largest absolute Gasteiger partial charge is 0.488 e. The first-order chi connectivity index (χ1) is 14.2. The molecule has 0 unspecified atom stereocenters. The summed E-state index contributed by atoms with van der Waals surface area (Å²) in [6.07, 6.45) is 1.80. The lowest BCUT2D eigenvalue weighted by Crippen LogP contribution is -2.04. The van der Waals surface area contributed by atoms with E-state index in [1.165, 1.54) is 7.11 Å². The van der Waals surface area contributed by atoms with Gasteiger partial charge in [0, 0.05) is 22.4 Å². The van der Waals surface area contributed by atoms with Crippen LogP contribution in [0.25, 0.3) is 11.6 Å². The first kappa shape index (κ1) is 18.5. The van der Waals surface area contributed by atoms with Crippen molar-refractivity contribution in [3.05, 3.63) is 95.1 Å². The molecule has 1 heterocycles. The van der Waals surface area contributed by atoms with Gasteiger partial charge < -0.3 is 14.8 Å². The van der Waals surface area contributed by atoms with E-state index in [9.17, 15) is 9.59 Å². The van der Waals surface area contributed by atoms with Crippen molar-refractivity contribution >= 4 is 29.2 Å². The monoisotopic (exact) mass is 385 g/mol. The van der Waals surface area contributed by atoms with E-state index in [4.69, 9.17) is 9.47 Å². The Labute approximate surface area is 168 Å². The van der Waals surface area contributed by atoms with Crippen LogP contribution in [0.15, 0.2) is 72.8 Å². The van der Waals surface area contributed by atoms with E-state index in [0.717, 1.165) is 16.7 Å². The minimum Gasteiger partial charge on any atom is -0.488 e. The standard InChI is InChI=1S/C24H19NO4/c1-28-24(27)18-11-12-19-20(23(26)25-21(19)14-18)13-17-9-5-6-10-22(17)29-15-16-7-3-2-4-8-16/h2-14H,15H2,1H3,(H,25,26)/b20-13-. The Morgan fingerprint density at radius 3 is 2.55 bits per heavy atom. The molecule has 1 aliphatic heterocycles. The van der Waals surface area contributed by atoms with Crippen LogP contribution in [0.1, 0.15) is 27.0 Å². The summed E-state index contributed by atoms with van der Waals surface area (Å²) in [6, 6.07) is 22.5. The van der Waals surface area contributed by atoms with Crippen molar-refractivity contribution in [3.63, 3.8) is 0 Å². The van der Waals surface area contributed by atoms with Crippen molar-refractivity contribution in [1.29, 1.82) is 0 Å².